The molecule has 0 spiro atoms. The molecular weight excluding hydrogens is 204 g/mol. The Morgan fingerprint density at radius 3 is 2.75 bits per heavy atom. The van der Waals surface area contributed by atoms with Crippen LogP contribution < -0.4 is 5.32 Å². The van der Waals surface area contributed by atoms with Crippen molar-refractivity contribution in [1.29, 1.82) is 0 Å². The zero-order valence-electron chi connectivity index (χ0n) is 10.4. The fourth-order valence-corrected chi connectivity index (χ4v) is 1.29. The third kappa shape index (κ3) is 3.73. The average Bonchev–Trinajstić information content (AvgIpc) is 2.62. The molecule has 0 aliphatic rings. The fourth-order valence-electron chi connectivity index (χ4n) is 1.29. The second kappa shape index (κ2) is 5.21. The lowest BCUT2D eigenvalue weighted by atomic mass is 10.1. The highest BCUT2D eigenvalue weighted by Gasteiger charge is 2.16. The van der Waals surface area contributed by atoms with E-state index in [-0.39, 0.29) is 11.3 Å². The highest BCUT2D eigenvalue weighted by atomic mass is 16.1. The van der Waals surface area contributed by atoms with Gasteiger partial charge in [0.25, 0.3) is 0 Å². The summed E-state index contributed by atoms with van der Waals surface area (Å²) in [4.78, 5) is 11.9. The molecule has 0 atom stereocenters. The molecule has 5 heteroatoms. The molecule has 0 saturated carbocycles. The number of nitrogens with zero attached hydrogens (tertiary/aromatic N) is 3. The molecule has 0 radical (unpaired) electrons. The van der Waals surface area contributed by atoms with Crippen molar-refractivity contribution in [3.8, 4) is 0 Å². The molecule has 0 fully saturated rings. The molecule has 0 unspecified atom stereocenters. The summed E-state index contributed by atoms with van der Waals surface area (Å²) >= 11 is 0. The molecule has 0 amide bonds. The van der Waals surface area contributed by atoms with E-state index in [0.29, 0.717) is 12.2 Å². The van der Waals surface area contributed by atoms with Crippen LogP contribution in [0.3, 0.4) is 0 Å². The van der Waals surface area contributed by atoms with Gasteiger partial charge in [-0.3, -0.25) is 4.79 Å². The van der Waals surface area contributed by atoms with Crippen molar-refractivity contribution < 1.29 is 4.79 Å². The Morgan fingerprint density at radius 1 is 1.50 bits per heavy atom. The zero-order valence-corrected chi connectivity index (χ0v) is 10.4. The predicted molar refractivity (Wildman–Crippen MR) is 62.4 cm³/mol. The van der Waals surface area contributed by atoms with Gasteiger partial charge in [0.2, 0.25) is 0 Å². The molecule has 1 aromatic heterocycles. The van der Waals surface area contributed by atoms with Crippen molar-refractivity contribution >= 4 is 5.78 Å². The number of hydrogen-bond acceptors (Lipinski definition) is 4. The van der Waals surface area contributed by atoms with Gasteiger partial charge in [0.15, 0.2) is 5.78 Å². The van der Waals surface area contributed by atoms with E-state index in [4.69, 9.17) is 0 Å². The van der Waals surface area contributed by atoms with E-state index in [1.165, 1.54) is 6.20 Å². The molecule has 16 heavy (non-hydrogen) atoms. The number of aromatic nitrogens is 3. The van der Waals surface area contributed by atoms with Crippen LogP contribution in [0.5, 0.6) is 0 Å². The smallest absolute Gasteiger partial charge is 0.196 e. The Balaban J connectivity index is 2.62. The summed E-state index contributed by atoms with van der Waals surface area (Å²) in [5, 5.41) is 10.8. The van der Waals surface area contributed by atoms with Crippen LogP contribution in [-0.2, 0) is 6.54 Å². The minimum absolute atomic E-state index is 0.0355. The van der Waals surface area contributed by atoms with Crippen molar-refractivity contribution in [2.75, 3.05) is 6.54 Å². The van der Waals surface area contributed by atoms with Gasteiger partial charge in [-0.15, -0.1) is 5.10 Å². The number of hydrogen-bond donors (Lipinski definition) is 1. The molecule has 1 aromatic rings. The molecular formula is C11H20N4O. The molecule has 0 aromatic carbocycles. The lowest BCUT2D eigenvalue weighted by Crippen LogP contribution is -2.39. The van der Waals surface area contributed by atoms with Gasteiger partial charge in [-0.2, -0.15) is 0 Å². The summed E-state index contributed by atoms with van der Waals surface area (Å²) < 4.78 is 1.66. The quantitative estimate of drug-likeness (QED) is 0.765. The lowest BCUT2D eigenvalue weighted by molar-refractivity contribution is 0.0971. The van der Waals surface area contributed by atoms with E-state index in [1.807, 2.05) is 27.7 Å². The molecule has 90 valence electrons. The SMILES string of the molecule is CCCn1nncc1C(=O)CNC(C)(C)C. The first-order valence-corrected chi connectivity index (χ1v) is 5.61. The summed E-state index contributed by atoms with van der Waals surface area (Å²) in [5.41, 5.74) is 0.525. The van der Waals surface area contributed by atoms with Crippen LogP contribution in [0.15, 0.2) is 6.20 Å². The number of rotatable bonds is 5. The van der Waals surface area contributed by atoms with Crippen molar-refractivity contribution in [1.82, 2.24) is 20.3 Å². The van der Waals surface area contributed by atoms with Crippen molar-refractivity contribution in [3.63, 3.8) is 0 Å². The van der Waals surface area contributed by atoms with E-state index in [9.17, 15) is 4.79 Å². The number of Topliss-reactive ketones (excluding diaryl/α,β-unsaturated/α-hetero) is 1. The zero-order chi connectivity index (χ0) is 12.2. The minimum Gasteiger partial charge on any atom is -0.305 e. The highest BCUT2D eigenvalue weighted by molar-refractivity contribution is 5.95. The van der Waals surface area contributed by atoms with Crippen molar-refractivity contribution in [2.45, 2.75) is 46.2 Å². The molecule has 0 aliphatic carbocycles. The van der Waals surface area contributed by atoms with E-state index in [2.05, 4.69) is 15.6 Å². The maximum Gasteiger partial charge on any atom is 0.196 e. The summed E-state index contributed by atoms with van der Waals surface area (Å²) in [5.74, 6) is 0.0355. The third-order valence-electron chi connectivity index (χ3n) is 2.12. The first-order chi connectivity index (χ1) is 7.44. The number of carbonyl (C=O) groups excluding carboxylic acids is 1. The Kier molecular flexibility index (Phi) is 4.18. The van der Waals surface area contributed by atoms with E-state index >= 15 is 0 Å². The second-order valence-electron chi connectivity index (χ2n) is 4.87. The standard InChI is InChI=1S/C11H20N4O/c1-5-6-15-9(7-13-14-15)10(16)8-12-11(2,3)4/h7,12H,5-6,8H2,1-4H3. The average molecular weight is 224 g/mol. The monoisotopic (exact) mass is 224 g/mol. The van der Waals surface area contributed by atoms with Crippen molar-refractivity contribution in [2.24, 2.45) is 0 Å². The largest absolute Gasteiger partial charge is 0.305 e. The Hall–Kier alpha value is -1.23. The fraction of sp³-hybridized carbons (Fsp3) is 0.727. The van der Waals surface area contributed by atoms with Gasteiger partial charge in [-0.05, 0) is 27.2 Å². The molecule has 1 rings (SSSR count). The normalized spacial score (nSPS) is 11.8. The summed E-state index contributed by atoms with van der Waals surface area (Å²) in [6.45, 7) is 9.19. The van der Waals surface area contributed by atoms with Crippen LogP contribution in [0.2, 0.25) is 0 Å². The minimum atomic E-state index is -0.0568. The van der Waals surface area contributed by atoms with Crippen LogP contribution >= 0.6 is 0 Å². The molecule has 1 N–H and O–H groups in total. The molecule has 0 saturated heterocycles. The predicted octanol–water partition coefficient (Wildman–Crippen LogP) is 1.26. The first-order valence-electron chi connectivity index (χ1n) is 5.61. The van der Waals surface area contributed by atoms with Gasteiger partial charge in [0, 0.05) is 12.1 Å². The molecule has 0 bridgehead atoms. The van der Waals surface area contributed by atoms with Gasteiger partial charge < -0.3 is 5.32 Å². The van der Waals surface area contributed by atoms with E-state index in [0.717, 1.165) is 13.0 Å². The lowest BCUT2D eigenvalue weighted by Gasteiger charge is -2.19. The van der Waals surface area contributed by atoms with Gasteiger partial charge in [0.05, 0.1) is 12.7 Å². The number of ketones is 1. The van der Waals surface area contributed by atoms with Crippen LogP contribution in [0.25, 0.3) is 0 Å². The van der Waals surface area contributed by atoms with Crippen LogP contribution in [0, 0.1) is 0 Å². The van der Waals surface area contributed by atoms with E-state index in [1.54, 1.807) is 4.68 Å². The van der Waals surface area contributed by atoms with Gasteiger partial charge >= 0.3 is 0 Å². The van der Waals surface area contributed by atoms with Crippen molar-refractivity contribution in [3.05, 3.63) is 11.9 Å². The topological polar surface area (TPSA) is 59.8 Å². The maximum absolute atomic E-state index is 11.9. The van der Waals surface area contributed by atoms with Crippen LogP contribution in [0.1, 0.15) is 44.6 Å². The summed E-state index contributed by atoms with van der Waals surface area (Å²) in [6.07, 6.45) is 2.47. The Labute approximate surface area is 96.2 Å². The molecule has 0 aliphatic heterocycles. The maximum atomic E-state index is 11.9. The molecule has 1 heterocycles. The van der Waals surface area contributed by atoms with Crippen LogP contribution in [0.4, 0.5) is 0 Å². The number of carbonyl (C=O) groups is 1. The number of aryl methyl sites for hydroxylation is 1. The van der Waals surface area contributed by atoms with Gasteiger partial charge in [0.1, 0.15) is 5.69 Å². The summed E-state index contributed by atoms with van der Waals surface area (Å²) in [7, 11) is 0. The highest BCUT2D eigenvalue weighted by Crippen LogP contribution is 2.02. The summed E-state index contributed by atoms with van der Waals surface area (Å²) in [6, 6.07) is 0. The molecule has 5 nitrogen and oxygen atoms in total. The Morgan fingerprint density at radius 2 is 2.19 bits per heavy atom. The van der Waals surface area contributed by atoms with Gasteiger partial charge in [-0.25, -0.2) is 4.68 Å². The first kappa shape index (κ1) is 12.8. The van der Waals surface area contributed by atoms with Gasteiger partial charge in [-0.1, -0.05) is 12.1 Å². The number of nitrogens with one attached hydrogen (secondary N) is 1. The second-order valence-corrected chi connectivity index (χ2v) is 4.87. The third-order valence-corrected chi connectivity index (χ3v) is 2.12. The van der Waals surface area contributed by atoms with Crippen LogP contribution in [-0.4, -0.2) is 32.9 Å². The van der Waals surface area contributed by atoms with E-state index < -0.39 is 0 Å². The Bertz CT molecular complexity index is 351.